The highest BCUT2D eigenvalue weighted by Gasteiger charge is 2.08. The highest BCUT2D eigenvalue weighted by atomic mass is 79.9. The van der Waals surface area contributed by atoms with E-state index in [-0.39, 0.29) is 0 Å². The number of hydrogen-bond acceptors (Lipinski definition) is 3. The van der Waals surface area contributed by atoms with Gasteiger partial charge in [-0.05, 0) is 40.5 Å². The van der Waals surface area contributed by atoms with Crippen molar-refractivity contribution in [1.82, 2.24) is 9.88 Å². The molecular weight excluding hydrogens is 310 g/mol. The second-order valence-corrected chi connectivity index (χ2v) is 6.06. The Balaban J connectivity index is 1.97. The zero-order chi connectivity index (χ0) is 13.1. The molecule has 2 aromatic rings. The van der Waals surface area contributed by atoms with Crippen molar-refractivity contribution in [3.8, 4) is 6.07 Å². The van der Waals surface area contributed by atoms with Crippen molar-refractivity contribution in [1.29, 1.82) is 5.26 Å². The van der Waals surface area contributed by atoms with Crippen molar-refractivity contribution in [2.75, 3.05) is 0 Å². The molecule has 0 saturated carbocycles. The summed E-state index contributed by atoms with van der Waals surface area (Å²) < 4.78 is 3.06. The molecule has 0 radical (unpaired) electrons. The summed E-state index contributed by atoms with van der Waals surface area (Å²) in [7, 11) is 1.92. The average Bonchev–Trinajstić information content (AvgIpc) is 2.88. The van der Waals surface area contributed by atoms with Gasteiger partial charge in [0, 0.05) is 40.6 Å². The Morgan fingerprint density at radius 2 is 2.22 bits per heavy atom. The lowest BCUT2D eigenvalue weighted by atomic mass is 10.2. The fourth-order valence-electron chi connectivity index (χ4n) is 1.82. The van der Waals surface area contributed by atoms with E-state index in [2.05, 4.69) is 38.8 Å². The molecule has 2 rings (SSSR count). The van der Waals surface area contributed by atoms with Gasteiger partial charge in [-0.2, -0.15) is 5.26 Å². The highest BCUT2D eigenvalue weighted by Crippen LogP contribution is 2.19. The van der Waals surface area contributed by atoms with Gasteiger partial charge in [0.1, 0.15) is 11.8 Å². The van der Waals surface area contributed by atoms with Gasteiger partial charge in [0.15, 0.2) is 0 Å². The van der Waals surface area contributed by atoms with Crippen LogP contribution in [0.3, 0.4) is 0 Å². The van der Waals surface area contributed by atoms with Gasteiger partial charge in [0.25, 0.3) is 0 Å². The number of thiophene rings is 1. The lowest BCUT2D eigenvalue weighted by molar-refractivity contribution is 0.694. The number of nitrogens with one attached hydrogen (secondary N) is 1. The maximum atomic E-state index is 8.97. The first kappa shape index (κ1) is 13.3. The van der Waals surface area contributed by atoms with Crippen LogP contribution in [-0.4, -0.2) is 4.57 Å². The van der Waals surface area contributed by atoms with Crippen molar-refractivity contribution < 1.29 is 0 Å². The molecule has 1 N–H and O–H groups in total. The average molecular weight is 324 g/mol. The molecule has 0 bridgehead atoms. The zero-order valence-corrected chi connectivity index (χ0v) is 12.7. The standard InChI is InChI=1S/C13H14BrN3S/c1-9-10(3-12(5-15)17(9)2)6-16-7-13-4-11(14)8-18-13/h3-4,8,16H,6-7H2,1-2H3. The van der Waals surface area contributed by atoms with Crippen LogP contribution in [0.2, 0.25) is 0 Å². The molecular formula is C13H14BrN3S. The largest absolute Gasteiger partial charge is 0.340 e. The van der Waals surface area contributed by atoms with Crippen LogP contribution in [0.1, 0.15) is 21.8 Å². The fourth-order valence-corrected chi connectivity index (χ4v) is 3.24. The van der Waals surface area contributed by atoms with E-state index in [1.165, 1.54) is 10.4 Å². The number of nitrogens with zero attached hydrogens (tertiary/aromatic N) is 2. The predicted octanol–water partition coefficient (Wildman–Crippen LogP) is 3.32. The molecule has 0 fully saturated rings. The summed E-state index contributed by atoms with van der Waals surface area (Å²) in [5, 5.41) is 14.5. The minimum absolute atomic E-state index is 0.711. The predicted molar refractivity (Wildman–Crippen MR) is 77.4 cm³/mol. The number of aromatic nitrogens is 1. The van der Waals surface area contributed by atoms with Crippen LogP contribution < -0.4 is 5.32 Å². The molecule has 94 valence electrons. The molecule has 5 heteroatoms. The van der Waals surface area contributed by atoms with Gasteiger partial charge >= 0.3 is 0 Å². The third kappa shape index (κ3) is 2.83. The van der Waals surface area contributed by atoms with E-state index in [0.29, 0.717) is 5.69 Å². The summed E-state index contributed by atoms with van der Waals surface area (Å²) >= 11 is 5.18. The molecule has 0 aliphatic carbocycles. The van der Waals surface area contributed by atoms with Gasteiger partial charge in [0.05, 0.1) is 0 Å². The van der Waals surface area contributed by atoms with Crippen LogP contribution >= 0.6 is 27.3 Å². The summed E-state index contributed by atoms with van der Waals surface area (Å²) in [6, 6.07) is 6.27. The maximum Gasteiger partial charge on any atom is 0.120 e. The van der Waals surface area contributed by atoms with Gasteiger partial charge in [-0.25, -0.2) is 0 Å². The van der Waals surface area contributed by atoms with Crippen LogP contribution in [0.4, 0.5) is 0 Å². The van der Waals surface area contributed by atoms with E-state index < -0.39 is 0 Å². The van der Waals surface area contributed by atoms with E-state index in [1.54, 1.807) is 11.3 Å². The van der Waals surface area contributed by atoms with Gasteiger partial charge in [-0.3, -0.25) is 0 Å². The Kier molecular flexibility index (Phi) is 4.23. The minimum Gasteiger partial charge on any atom is -0.340 e. The van der Waals surface area contributed by atoms with Crippen LogP contribution in [-0.2, 0) is 20.1 Å². The lowest BCUT2D eigenvalue weighted by Gasteiger charge is -2.03. The normalized spacial score (nSPS) is 10.6. The van der Waals surface area contributed by atoms with E-state index in [0.717, 1.165) is 23.3 Å². The van der Waals surface area contributed by atoms with Crippen molar-refractivity contribution in [3.63, 3.8) is 0 Å². The summed E-state index contributed by atoms with van der Waals surface area (Å²) in [5.74, 6) is 0. The van der Waals surface area contributed by atoms with Crippen LogP contribution in [0.25, 0.3) is 0 Å². The molecule has 0 saturated heterocycles. The number of nitriles is 1. The molecule has 2 aromatic heterocycles. The molecule has 0 aliphatic rings. The van der Waals surface area contributed by atoms with Crippen LogP contribution in [0.15, 0.2) is 22.0 Å². The quantitative estimate of drug-likeness (QED) is 0.937. The Bertz CT molecular complexity index is 592. The Labute approximate surface area is 119 Å². The molecule has 0 atom stereocenters. The molecule has 0 unspecified atom stereocenters. The first-order valence-corrected chi connectivity index (χ1v) is 7.28. The van der Waals surface area contributed by atoms with E-state index in [9.17, 15) is 0 Å². The Morgan fingerprint density at radius 3 is 2.78 bits per heavy atom. The summed E-state index contributed by atoms with van der Waals surface area (Å²) in [4.78, 5) is 1.30. The van der Waals surface area contributed by atoms with Gasteiger partial charge in [-0.15, -0.1) is 11.3 Å². The first-order valence-electron chi connectivity index (χ1n) is 5.60. The van der Waals surface area contributed by atoms with Crippen LogP contribution in [0, 0.1) is 18.3 Å². The van der Waals surface area contributed by atoms with E-state index >= 15 is 0 Å². The SMILES string of the molecule is Cc1c(CNCc2cc(Br)cs2)cc(C#N)n1C. The number of halogens is 1. The second kappa shape index (κ2) is 5.70. The number of hydrogen-bond donors (Lipinski definition) is 1. The Hall–Kier alpha value is -1.09. The maximum absolute atomic E-state index is 8.97. The molecule has 3 nitrogen and oxygen atoms in total. The summed E-state index contributed by atoms with van der Waals surface area (Å²) in [6.07, 6.45) is 0. The minimum atomic E-state index is 0.711. The Morgan fingerprint density at radius 1 is 1.44 bits per heavy atom. The lowest BCUT2D eigenvalue weighted by Crippen LogP contribution is -2.12. The van der Waals surface area contributed by atoms with Gasteiger partial charge in [-0.1, -0.05) is 0 Å². The topological polar surface area (TPSA) is 40.8 Å². The molecule has 2 heterocycles. The summed E-state index contributed by atoms with van der Waals surface area (Å²) in [5.41, 5.74) is 3.04. The second-order valence-electron chi connectivity index (χ2n) is 4.15. The van der Waals surface area contributed by atoms with Gasteiger partial charge in [0.2, 0.25) is 0 Å². The molecule has 0 aliphatic heterocycles. The van der Waals surface area contributed by atoms with Crippen LogP contribution in [0.5, 0.6) is 0 Å². The smallest absolute Gasteiger partial charge is 0.120 e. The first-order chi connectivity index (χ1) is 8.61. The third-order valence-electron chi connectivity index (χ3n) is 2.99. The molecule has 0 spiro atoms. The van der Waals surface area contributed by atoms with Crippen molar-refractivity contribution in [2.24, 2.45) is 7.05 Å². The van der Waals surface area contributed by atoms with Crippen molar-refractivity contribution in [2.45, 2.75) is 20.0 Å². The molecule has 18 heavy (non-hydrogen) atoms. The van der Waals surface area contributed by atoms with E-state index in [4.69, 9.17) is 5.26 Å². The van der Waals surface area contributed by atoms with Crippen molar-refractivity contribution >= 4 is 27.3 Å². The fraction of sp³-hybridized carbons (Fsp3) is 0.308. The molecule has 0 aromatic carbocycles. The van der Waals surface area contributed by atoms with E-state index in [1.807, 2.05) is 24.6 Å². The molecule has 0 amide bonds. The number of rotatable bonds is 4. The third-order valence-corrected chi connectivity index (χ3v) is 4.69. The van der Waals surface area contributed by atoms with Gasteiger partial charge < -0.3 is 9.88 Å². The summed E-state index contributed by atoms with van der Waals surface area (Å²) in [6.45, 7) is 3.68. The van der Waals surface area contributed by atoms with Crippen molar-refractivity contribution in [3.05, 3.63) is 43.8 Å². The highest BCUT2D eigenvalue weighted by molar-refractivity contribution is 9.10. The zero-order valence-electron chi connectivity index (χ0n) is 10.3. The monoisotopic (exact) mass is 323 g/mol.